The van der Waals surface area contributed by atoms with Gasteiger partial charge in [0.25, 0.3) is 0 Å². The van der Waals surface area contributed by atoms with Gasteiger partial charge in [-0.1, -0.05) is 24.6 Å². The Balaban J connectivity index is 1.85. The van der Waals surface area contributed by atoms with Crippen molar-refractivity contribution in [1.82, 2.24) is 5.32 Å². The first-order chi connectivity index (χ1) is 9.95. The minimum atomic E-state index is -0.450. The lowest BCUT2D eigenvalue weighted by atomic mass is 9.83. The van der Waals surface area contributed by atoms with E-state index in [1.807, 2.05) is 6.92 Å². The molecule has 3 unspecified atom stereocenters. The Bertz CT molecular complexity index is 490. The molecular weight excluding hydrogens is 268 g/mol. The van der Waals surface area contributed by atoms with Crippen molar-refractivity contribution in [2.45, 2.75) is 46.1 Å². The van der Waals surface area contributed by atoms with Crippen LogP contribution in [0.15, 0.2) is 29.8 Å². The molecule has 3 atom stereocenters. The van der Waals surface area contributed by atoms with Crippen molar-refractivity contribution in [1.29, 1.82) is 0 Å². The average Bonchev–Trinajstić information content (AvgIpc) is 2.40. The second-order valence-corrected chi connectivity index (χ2v) is 6.51. The van der Waals surface area contributed by atoms with Gasteiger partial charge >= 0.3 is 0 Å². The van der Waals surface area contributed by atoms with Gasteiger partial charge in [0, 0.05) is 11.6 Å². The van der Waals surface area contributed by atoms with Gasteiger partial charge in [-0.15, -0.1) is 0 Å². The van der Waals surface area contributed by atoms with Gasteiger partial charge in [-0.2, -0.15) is 0 Å². The number of nitrogens with one attached hydrogen (secondary N) is 1. The molecule has 0 saturated heterocycles. The molecule has 1 nitrogen and oxygen atoms in total. The zero-order chi connectivity index (χ0) is 15.4. The third kappa shape index (κ3) is 4.63. The Hall–Kier alpha value is -1.22. The SMILES string of the molecule is CC1=CC(C)CC(CNC(C)Cc2c(F)cccc2F)C1. The summed E-state index contributed by atoms with van der Waals surface area (Å²) in [5.41, 5.74) is 1.64. The topological polar surface area (TPSA) is 12.0 Å². The molecule has 0 bridgehead atoms. The molecule has 1 aromatic carbocycles. The maximum atomic E-state index is 13.6. The molecule has 0 fully saturated rings. The van der Waals surface area contributed by atoms with Gasteiger partial charge in [0.2, 0.25) is 0 Å². The summed E-state index contributed by atoms with van der Waals surface area (Å²) in [4.78, 5) is 0. The Morgan fingerprint density at radius 3 is 2.57 bits per heavy atom. The lowest BCUT2D eigenvalue weighted by Gasteiger charge is -2.27. The van der Waals surface area contributed by atoms with E-state index in [4.69, 9.17) is 0 Å². The van der Waals surface area contributed by atoms with Crippen molar-refractivity contribution >= 4 is 0 Å². The molecule has 0 saturated carbocycles. The molecule has 0 heterocycles. The van der Waals surface area contributed by atoms with E-state index in [2.05, 4.69) is 25.2 Å². The fraction of sp³-hybridized carbons (Fsp3) is 0.556. The van der Waals surface area contributed by atoms with Crippen molar-refractivity contribution in [3.63, 3.8) is 0 Å². The lowest BCUT2D eigenvalue weighted by Crippen LogP contribution is -2.34. The monoisotopic (exact) mass is 293 g/mol. The first-order valence-corrected chi connectivity index (χ1v) is 7.79. The highest BCUT2D eigenvalue weighted by molar-refractivity contribution is 5.20. The van der Waals surface area contributed by atoms with E-state index in [9.17, 15) is 8.78 Å². The van der Waals surface area contributed by atoms with E-state index >= 15 is 0 Å². The highest BCUT2D eigenvalue weighted by atomic mass is 19.1. The molecule has 0 spiro atoms. The summed E-state index contributed by atoms with van der Waals surface area (Å²) in [6.45, 7) is 7.32. The summed E-state index contributed by atoms with van der Waals surface area (Å²) in [6, 6.07) is 4.12. The number of halogens is 2. The van der Waals surface area contributed by atoms with Gasteiger partial charge in [0.05, 0.1) is 0 Å². The zero-order valence-corrected chi connectivity index (χ0v) is 13.1. The van der Waals surface area contributed by atoms with Crippen LogP contribution < -0.4 is 5.32 Å². The molecule has 116 valence electrons. The van der Waals surface area contributed by atoms with E-state index in [0.29, 0.717) is 18.3 Å². The molecule has 0 amide bonds. The molecule has 1 aliphatic carbocycles. The Kier molecular flexibility index (Phi) is 5.51. The average molecular weight is 293 g/mol. The predicted molar refractivity (Wildman–Crippen MR) is 83.2 cm³/mol. The van der Waals surface area contributed by atoms with Gasteiger partial charge in [-0.3, -0.25) is 0 Å². The molecule has 0 radical (unpaired) electrons. The van der Waals surface area contributed by atoms with Gasteiger partial charge in [-0.25, -0.2) is 8.78 Å². The molecular formula is C18H25F2N. The van der Waals surface area contributed by atoms with Crippen LogP contribution in [0.1, 0.15) is 39.2 Å². The third-order valence-electron chi connectivity index (χ3n) is 4.21. The first kappa shape index (κ1) is 16.2. The molecule has 3 heteroatoms. The minimum Gasteiger partial charge on any atom is -0.314 e. The van der Waals surface area contributed by atoms with Gasteiger partial charge in [0.15, 0.2) is 0 Å². The standard InChI is InChI=1S/C18H25F2N/c1-12-7-13(2)9-15(8-12)11-21-14(3)10-16-17(19)5-4-6-18(16)20/h4-7,12,14-15,21H,8-11H2,1-3H3. The Labute approximate surface area is 126 Å². The lowest BCUT2D eigenvalue weighted by molar-refractivity contribution is 0.362. The van der Waals surface area contributed by atoms with Crippen LogP contribution in [0, 0.1) is 23.5 Å². The Morgan fingerprint density at radius 1 is 1.29 bits per heavy atom. The van der Waals surface area contributed by atoms with E-state index in [-0.39, 0.29) is 11.6 Å². The summed E-state index contributed by atoms with van der Waals surface area (Å²) >= 11 is 0. The second kappa shape index (κ2) is 7.17. The van der Waals surface area contributed by atoms with Crippen LogP contribution in [0.4, 0.5) is 8.78 Å². The van der Waals surface area contributed by atoms with Crippen LogP contribution in [0.25, 0.3) is 0 Å². The number of rotatable bonds is 5. The van der Waals surface area contributed by atoms with Crippen molar-refractivity contribution in [3.05, 3.63) is 47.0 Å². The van der Waals surface area contributed by atoms with E-state index < -0.39 is 11.6 Å². The number of benzene rings is 1. The quantitative estimate of drug-likeness (QED) is 0.789. The number of hydrogen-bond acceptors (Lipinski definition) is 1. The van der Waals surface area contributed by atoms with Crippen LogP contribution in [0.2, 0.25) is 0 Å². The van der Waals surface area contributed by atoms with Crippen LogP contribution in [0.3, 0.4) is 0 Å². The fourth-order valence-corrected chi connectivity index (χ4v) is 3.32. The highest BCUT2D eigenvalue weighted by Crippen LogP contribution is 2.27. The molecule has 21 heavy (non-hydrogen) atoms. The third-order valence-corrected chi connectivity index (χ3v) is 4.21. The van der Waals surface area contributed by atoms with E-state index in [0.717, 1.165) is 13.0 Å². The van der Waals surface area contributed by atoms with Crippen molar-refractivity contribution in [2.24, 2.45) is 11.8 Å². The van der Waals surface area contributed by atoms with Gasteiger partial charge < -0.3 is 5.32 Å². The summed E-state index contributed by atoms with van der Waals surface area (Å²) in [7, 11) is 0. The number of allylic oxidation sites excluding steroid dienone is 2. The number of hydrogen-bond donors (Lipinski definition) is 1. The van der Waals surface area contributed by atoms with Crippen molar-refractivity contribution in [2.75, 3.05) is 6.54 Å². The predicted octanol–water partition coefficient (Wildman–Crippen LogP) is 4.48. The molecule has 0 aliphatic heterocycles. The summed E-state index contributed by atoms with van der Waals surface area (Å²) in [5, 5.41) is 3.44. The van der Waals surface area contributed by atoms with E-state index in [1.165, 1.54) is 30.2 Å². The maximum absolute atomic E-state index is 13.6. The maximum Gasteiger partial charge on any atom is 0.129 e. The molecule has 1 N–H and O–H groups in total. The zero-order valence-electron chi connectivity index (χ0n) is 13.1. The molecule has 2 rings (SSSR count). The summed E-state index contributed by atoms with van der Waals surface area (Å²) < 4.78 is 27.3. The van der Waals surface area contributed by atoms with Crippen molar-refractivity contribution < 1.29 is 8.78 Å². The minimum absolute atomic E-state index is 0.0675. The van der Waals surface area contributed by atoms with Crippen LogP contribution in [-0.2, 0) is 6.42 Å². The molecule has 1 aliphatic rings. The summed E-state index contributed by atoms with van der Waals surface area (Å²) in [6.07, 6.45) is 5.04. The Morgan fingerprint density at radius 2 is 1.95 bits per heavy atom. The van der Waals surface area contributed by atoms with E-state index in [1.54, 1.807) is 0 Å². The van der Waals surface area contributed by atoms with Crippen molar-refractivity contribution in [3.8, 4) is 0 Å². The smallest absolute Gasteiger partial charge is 0.129 e. The largest absolute Gasteiger partial charge is 0.314 e. The second-order valence-electron chi connectivity index (χ2n) is 6.51. The van der Waals surface area contributed by atoms with Crippen LogP contribution in [-0.4, -0.2) is 12.6 Å². The first-order valence-electron chi connectivity index (χ1n) is 7.79. The fourth-order valence-electron chi connectivity index (χ4n) is 3.32. The van der Waals surface area contributed by atoms with Crippen LogP contribution in [0.5, 0.6) is 0 Å². The molecule has 1 aromatic rings. The van der Waals surface area contributed by atoms with Crippen LogP contribution >= 0.6 is 0 Å². The van der Waals surface area contributed by atoms with Gasteiger partial charge in [0.1, 0.15) is 11.6 Å². The van der Waals surface area contributed by atoms with Gasteiger partial charge in [-0.05, 0) is 63.6 Å². The highest BCUT2D eigenvalue weighted by Gasteiger charge is 2.19. The summed E-state index contributed by atoms with van der Waals surface area (Å²) in [5.74, 6) is 0.352. The molecule has 0 aromatic heterocycles. The normalized spacial score (nSPS) is 23.8.